The first-order valence-electron chi connectivity index (χ1n) is 10.5. The Morgan fingerprint density at radius 2 is 1.76 bits per heavy atom. The summed E-state index contributed by atoms with van der Waals surface area (Å²) in [5.41, 5.74) is 1.30. The van der Waals surface area contributed by atoms with Crippen molar-refractivity contribution in [3.8, 4) is 0 Å². The Bertz CT molecular complexity index is 590. The zero-order chi connectivity index (χ0) is 17.2. The SMILES string of the molecule is Cc1cnc(C2CCC2)n1C1CCN(C(=O)CC2CCCCC2)CC1. The van der Waals surface area contributed by atoms with Gasteiger partial charge in [-0.05, 0) is 51.4 Å². The van der Waals surface area contributed by atoms with Crippen LogP contribution in [-0.4, -0.2) is 33.4 Å². The fraction of sp³-hybridized carbons (Fsp3) is 0.810. The van der Waals surface area contributed by atoms with Gasteiger partial charge in [0.25, 0.3) is 0 Å². The summed E-state index contributed by atoms with van der Waals surface area (Å²) in [5.74, 6) is 3.06. The molecule has 0 unspecified atom stereocenters. The zero-order valence-electron chi connectivity index (χ0n) is 15.8. The van der Waals surface area contributed by atoms with Crippen molar-refractivity contribution in [1.29, 1.82) is 0 Å². The Labute approximate surface area is 152 Å². The van der Waals surface area contributed by atoms with E-state index >= 15 is 0 Å². The number of aromatic nitrogens is 2. The fourth-order valence-electron chi connectivity index (χ4n) is 5.05. The lowest BCUT2D eigenvalue weighted by Crippen LogP contribution is -2.40. The minimum Gasteiger partial charge on any atom is -0.343 e. The lowest BCUT2D eigenvalue weighted by molar-refractivity contribution is -0.133. The molecular formula is C21H33N3O. The molecule has 0 radical (unpaired) electrons. The number of aryl methyl sites for hydroxylation is 1. The molecule has 3 fully saturated rings. The third-order valence-electron chi connectivity index (χ3n) is 6.85. The summed E-state index contributed by atoms with van der Waals surface area (Å²) < 4.78 is 2.51. The van der Waals surface area contributed by atoms with E-state index in [9.17, 15) is 4.79 Å². The highest BCUT2D eigenvalue weighted by atomic mass is 16.2. The average molecular weight is 344 g/mol. The smallest absolute Gasteiger partial charge is 0.222 e. The van der Waals surface area contributed by atoms with Crippen LogP contribution in [0.1, 0.15) is 94.1 Å². The summed E-state index contributed by atoms with van der Waals surface area (Å²) in [5, 5.41) is 0. The second-order valence-electron chi connectivity index (χ2n) is 8.58. The molecule has 0 atom stereocenters. The number of nitrogens with zero attached hydrogens (tertiary/aromatic N) is 3. The van der Waals surface area contributed by atoms with Crippen molar-refractivity contribution in [2.24, 2.45) is 5.92 Å². The van der Waals surface area contributed by atoms with Gasteiger partial charge in [0.2, 0.25) is 5.91 Å². The third-order valence-corrected chi connectivity index (χ3v) is 6.85. The van der Waals surface area contributed by atoms with Gasteiger partial charge in [-0.25, -0.2) is 4.98 Å². The van der Waals surface area contributed by atoms with Gasteiger partial charge in [0, 0.05) is 43.4 Å². The van der Waals surface area contributed by atoms with Crippen molar-refractivity contribution in [1.82, 2.24) is 14.5 Å². The van der Waals surface area contributed by atoms with Crippen LogP contribution in [-0.2, 0) is 4.79 Å². The minimum absolute atomic E-state index is 0.409. The van der Waals surface area contributed by atoms with Crippen LogP contribution in [0.3, 0.4) is 0 Å². The van der Waals surface area contributed by atoms with E-state index in [0.29, 0.717) is 23.8 Å². The number of rotatable bonds is 4. The molecule has 0 bridgehead atoms. The molecular weight excluding hydrogens is 310 g/mol. The van der Waals surface area contributed by atoms with Gasteiger partial charge in [-0.1, -0.05) is 25.7 Å². The molecule has 4 nitrogen and oxygen atoms in total. The van der Waals surface area contributed by atoms with Crippen LogP contribution in [0.25, 0.3) is 0 Å². The summed E-state index contributed by atoms with van der Waals surface area (Å²) in [4.78, 5) is 19.5. The average Bonchev–Trinajstić information content (AvgIpc) is 2.95. The van der Waals surface area contributed by atoms with Crippen molar-refractivity contribution in [3.05, 3.63) is 17.7 Å². The lowest BCUT2D eigenvalue weighted by Gasteiger charge is -2.36. The van der Waals surface area contributed by atoms with Gasteiger partial charge < -0.3 is 9.47 Å². The van der Waals surface area contributed by atoms with E-state index in [1.54, 1.807) is 0 Å². The van der Waals surface area contributed by atoms with Gasteiger partial charge in [-0.2, -0.15) is 0 Å². The molecule has 2 aliphatic carbocycles. The van der Waals surface area contributed by atoms with Gasteiger partial charge in [-0.15, -0.1) is 0 Å². The molecule has 1 amide bonds. The number of carbonyl (C=O) groups is 1. The summed E-state index contributed by atoms with van der Waals surface area (Å²) in [6.45, 7) is 4.05. The van der Waals surface area contributed by atoms with Gasteiger partial charge in [0.1, 0.15) is 5.82 Å². The fourth-order valence-corrected chi connectivity index (χ4v) is 5.05. The molecule has 0 aromatic carbocycles. The molecule has 3 aliphatic rings. The van der Waals surface area contributed by atoms with Crippen LogP contribution in [0.5, 0.6) is 0 Å². The standard InChI is InChI=1S/C21H33N3O/c1-16-15-22-21(18-8-5-9-18)24(16)19-10-12-23(13-11-19)20(25)14-17-6-3-2-4-7-17/h15,17-19H,2-14H2,1H3. The van der Waals surface area contributed by atoms with Crippen LogP contribution in [0.4, 0.5) is 0 Å². The van der Waals surface area contributed by atoms with E-state index in [2.05, 4.69) is 16.4 Å². The van der Waals surface area contributed by atoms with Gasteiger partial charge >= 0.3 is 0 Å². The predicted octanol–water partition coefficient (Wildman–Crippen LogP) is 4.59. The van der Waals surface area contributed by atoms with Crippen LogP contribution >= 0.6 is 0 Å². The molecule has 4 rings (SSSR count). The van der Waals surface area contributed by atoms with Crippen molar-refractivity contribution in [2.45, 2.75) is 89.5 Å². The van der Waals surface area contributed by atoms with Crippen LogP contribution in [0.15, 0.2) is 6.20 Å². The van der Waals surface area contributed by atoms with Crippen LogP contribution in [0.2, 0.25) is 0 Å². The van der Waals surface area contributed by atoms with E-state index in [1.807, 2.05) is 6.20 Å². The first-order chi connectivity index (χ1) is 12.2. The summed E-state index contributed by atoms with van der Waals surface area (Å²) in [6, 6.07) is 0.539. The zero-order valence-corrected chi connectivity index (χ0v) is 15.8. The minimum atomic E-state index is 0.409. The number of hydrogen-bond donors (Lipinski definition) is 0. The topological polar surface area (TPSA) is 38.1 Å². The number of likely N-dealkylation sites (tertiary alicyclic amines) is 1. The maximum Gasteiger partial charge on any atom is 0.222 e. The van der Waals surface area contributed by atoms with Crippen LogP contribution in [0, 0.1) is 12.8 Å². The monoisotopic (exact) mass is 343 g/mol. The number of amides is 1. The number of carbonyl (C=O) groups excluding carboxylic acids is 1. The molecule has 4 heteroatoms. The Hall–Kier alpha value is -1.32. The lowest BCUT2D eigenvalue weighted by atomic mass is 9.84. The largest absolute Gasteiger partial charge is 0.343 e. The Morgan fingerprint density at radius 3 is 2.40 bits per heavy atom. The summed E-state index contributed by atoms with van der Waals surface area (Å²) in [7, 11) is 0. The summed E-state index contributed by atoms with van der Waals surface area (Å²) >= 11 is 0. The molecule has 2 heterocycles. The second kappa shape index (κ2) is 7.51. The van der Waals surface area contributed by atoms with E-state index in [-0.39, 0.29) is 0 Å². The molecule has 25 heavy (non-hydrogen) atoms. The molecule has 2 saturated carbocycles. The van der Waals surface area contributed by atoms with Crippen molar-refractivity contribution in [3.63, 3.8) is 0 Å². The molecule has 1 aliphatic heterocycles. The van der Waals surface area contributed by atoms with Gasteiger partial charge in [-0.3, -0.25) is 4.79 Å². The molecule has 138 valence electrons. The molecule has 1 aromatic heterocycles. The van der Waals surface area contributed by atoms with Crippen molar-refractivity contribution in [2.75, 3.05) is 13.1 Å². The second-order valence-corrected chi connectivity index (χ2v) is 8.58. The quantitative estimate of drug-likeness (QED) is 0.802. The first kappa shape index (κ1) is 17.1. The first-order valence-corrected chi connectivity index (χ1v) is 10.5. The Balaban J connectivity index is 1.34. The number of hydrogen-bond acceptors (Lipinski definition) is 2. The Morgan fingerprint density at radius 1 is 1.04 bits per heavy atom. The molecule has 0 N–H and O–H groups in total. The predicted molar refractivity (Wildman–Crippen MR) is 99.6 cm³/mol. The molecule has 0 spiro atoms. The maximum absolute atomic E-state index is 12.7. The summed E-state index contributed by atoms with van der Waals surface area (Å²) in [6.07, 6.45) is 15.5. The van der Waals surface area contributed by atoms with E-state index in [0.717, 1.165) is 32.4 Å². The van der Waals surface area contributed by atoms with Crippen LogP contribution < -0.4 is 0 Å². The maximum atomic E-state index is 12.7. The van der Waals surface area contributed by atoms with Crippen molar-refractivity contribution >= 4 is 5.91 Å². The normalized spacial score (nSPS) is 23.6. The molecule has 1 aromatic rings. The van der Waals surface area contributed by atoms with E-state index < -0.39 is 0 Å². The highest BCUT2D eigenvalue weighted by molar-refractivity contribution is 5.76. The highest BCUT2D eigenvalue weighted by Gasteiger charge is 2.31. The van der Waals surface area contributed by atoms with E-state index in [1.165, 1.54) is 62.9 Å². The third kappa shape index (κ3) is 3.63. The van der Waals surface area contributed by atoms with Gasteiger partial charge in [0.05, 0.1) is 0 Å². The molecule has 1 saturated heterocycles. The van der Waals surface area contributed by atoms with E-state index in [4.69, 9.17) is 4.98 Å². The van der Waals surface area contributed by atoms with Gasteiger partial charge in [0.15, 0.2) is 0 Å². The number of imidazole rings is 1. The Kier molecular flexibility index (Phi) is 5.14. The number of piperidine rings is 1. The van der Waals surface area contributed by atoms with Crippen molar-refractivity contribution < 1.29 is 4.79 Å². The highest BCUT2D eigenvalue weighted by Crippen LogP contribution is 2.38.